The van der Waals surface area contributed by atoms with Crippen LogP contribution in [0.3, 0.4) is 0 Å². The summed E-state index contributed by atoms with van der Waals surface area (Å²) in [4.78, 5) is 2.52. The van der Waals surface area contributed by atoms with Crippen molar-refractivity contribution in [3.63, 3.8) is 0 Å². The number of fused-ring (bicyclic) bond motifs is 3. The predicted octanol–water partition coefficient (Wildman–Crippen LogP) is 4.72. The lowest BCUT2D eigenvalue weighted by Crippen LogP contribution is -2.32. The first-order valence-corrected chi connectivity index (χ1v) is 7.35. The molecule has 0 radical (unpaired) electrons. The van der Waals surface area contributed by atoms with Crippen molar-refractivity contribution in [3.05, 3.63) is 60.2 Å². The van der Waals surface area contributed by atoms with Gasteiger partial charge >= 0.3 is 0 Å². The number of hydrogen-bond acceptors (Lipinski definition) is 1. The van der Waals surface area contributed by atoms with Crippen LogP contribution in [-0.4, -0.2) is 6.54 Å². The van der Waals surface area contributed by atoms with Gasteiger partial charge < -0.3 is 4.90 Å². The van der Waals surface area contributed by atoms with Crippen LogP contribution in [-0.2, 0) is 0 Å². The largest absolute Gasteiger partial charge is 0.341 e. The second-order valence-electron chi connectivity index (χ2n) is 5.80. The van der Waals surface area contributed by atoms with Gasteiger partial charge in [0.2, 0.25) is 0 Å². The third-order valence-corrected chi connectivity index (χ3v) is 4.77. The van der Waals surface area contributed by atoms with Crippen LogP contribution in [0.25, 0.3) is 0 Å². The molecule has 2 aromatic rings. The van der Waals surface area contributed by atoms with Gasteiger partial charge in [-0.1, -0.05) is 42.8 Å². The Morgan fingerprint density at radius 3 is 2.53 bits per heavy atom. The maximum Gasteiger partial charge on any atom is 0.0446 e. The molecule has 0 bridgehead atoms. The van der Waals surface area contributed by atoms with Gasteiger partial charge in [-0.2, -0.15) is 0 Å². The Labute approximate surface area is 114 Å². The van der Waals surface area contributed by atoms with Gasteiger partial charge in [-0.25, -0.2) is 0 Å². The summed E-state index contributed by atoms with van der Waals surface area (Å²) >= 11 is 0. The molecule has 0 saturated heterocycles. The Kier molecular flexibility index (Phi) is 2.58. The maximum absolute atomic E-state index is 2.52. The first-order valence-electron chi connectivity index (χ1n) is 7.35. The Balaban J connectivity index is 1.83. The monoisotopic (exact) mass is 249 g/mol. The van der Waals surface area contributed by atoms with E-state index < -0.39 is 0 Å². The Morgan fingerprint density at radius 2 is 1.63 bits per heavy atom. The minimum atomic E-state index is 0.802. The van der Waals surface area contributed by atoms with Crippen LogP contribution in [0.15, 0.2) is 54.6 Å². The van der Waals surface area contributed by atoms with Crippen LogP contribution in [0.2, 0.25) is 0 Å². The fourth-order valence-electron chi connectivity index (χ4n) is 3.90. The normalized spacial score (nSPS) is 24.9. The molecule has 4 rings (SSSR count). The van der Waals surface area contributed by atoms with Gasteiger partial charge in [0, 0.05) is 17.9 Å². The second-order valence-corrected chi connectivity index (χ2v) is 5.80. The molecule has 19 heavy (non-hydrogen) atoms. The molecule has 0 unspecified atom stereocenters. The van der Waals surface area contributed by atoms with Gasteiger partial charge in [0.25, 0.3) is 0 Å². The zero-order valence-electron chi connectivity index (χ0n) is 11.1. The number of para-hydroxylation sites is 2. The van der Waals surface area contributed by atoms with Gasteiger partial charge in [0.1, 0.15) is 0 Å². The molecule has 96 valence electrons. The maximum atomic E-state index is 2.52. The van der Waals surface area contributed by atoms with E-state index in [2.05, 4.69) is 59.5 Å². The van der Waals surface area contributed by atoms with Gasteiger partial charge in [0.05, 0.1) is 0 Å². The molecule has 1 fully saturated rings. The van der Waals surface area contributed by atoms with E-state index in [1.54, 1.807) is 5.56 Å². The molecule has 2 aromatic carbocycles. The third-order valence-electron chi connectivity index (χ3n) is 4.77. The highest BCUT2D eigenvalue weighted by Gasteiger charge is 2.36. The van der Waals surface area contributed by atoms with E-state index >= 15 is 0 Å². The lowest BCUT2D eigenvalue weighted by molar-refractivity contribution is 0.472. The summed E-state index contributed by atoms with van der Waals surface area (Å²) in [6.45, 7) is 1.19. The first kappa shape index (κ1) is 11.1. The standard InChI is InChI=1S/C18H19N/c1-2-8-15(9-3-1)19-13-14-7-6-11-16(14)17-10-4-5-12-18(17)19/h1-5,8-10,12,14,16H,6-7,11,13H2/t14-,16-/m1/s1. The number of rotatable bonds is 1. The van der Waals surface area contributed by atoms with Crippen molar-refractivity contribution in [3.8, 4) is 0 Å². The highest BCUT2D eigenvalue weighted by atomic mass is 15.1. The zero-order chi connectivity index (χ0) is 12.7. The average Bonchev–Trinajstić information content (AvgIpc) is 2.96. The van der Waals surface area contributed by atoms with Crippen LogP contribution in [0.4, 0.5) is 11.4 Å². The Bertz CT molecular complexity index is 575. The summed E-state index contributed by atoms with van der Waals surface area (Å²) in [6, 6.07) is 19.8. The molecule has 0 amide bonds. The summed E-state index contributed by atoms with van der Waals surface area (Å²) in [5.41, 5.74) is 4.33. The second kappa shape index (κ2) is 4.41. The highest BCUT2D eigenvalue weighted by Crippen LogP contribution is 2.49. The summed E-state index contributed by atoms with van der Waals surface area (Å²) in [5.74, 6) is 1.64. The molecule has 1 aliphatic carbocycles. The van der Waals surface area contributed by atoms with E-state index in [-0.39, 0.29) is 0 Å². The molecular weight excluding hydrogens is 230 g/mol. The van der Waals surface area contributed by atoms with Crippen LogP contribution in [0.5, 0.6) is 0 Å². The fourth-order valence-corrected chi connectivity index (χ4v) is 3.90. The summed E-state index contributed by atoms with van der Waals surface area (Å²) in [7, 11) is 0. The van der Waals surface area contributed by atoms with E-state index in [0.717, 1.165) is 11.8 Å². The lowest BCUT2D eigenvalue weighted by atomic mass is 9.83. The summed E-state index contributed by atoms with van der Waals surface area (Å²) in [5, 5.41) is 0. The molecule has 1 nitrogen and oxygen atoms in total. The van der Waals surface area contributed by atoms with E-state index in [1.807, 2.05) is 0 Å². The number of anilines is 2. The number of benzene rings is 2. The molecule has 2 atom stereocenters. The number of nitrogens with zero attached hydrogens (tertiary/aromatic N) is 1. The molecule has 1 heteroatoms. The Morgan fingerprint density at radius 1 is 0.842 bits per heavy atom. The van der Waals surface area contributed by atoms with Crippen molar-refractivity contribution in [1.29, 1.82) is 0 Å². The minimum absolute atomic E-state index is 0.802. The van der Waals surface area contributed by atoms with Crippen molar-refractivity contribution >= 4 is 11.4 Å². The lowest BCUT2D eigenvalue weighted by Gasteiger charge is -2.38. The molecule has 0 spiro atoms. The fraction of sp³-hybridized carbons (Fsp3) is 0.333. The van der Waals surface area contributed by atoms with Gasteiger partial charge in [-0.15, -0.1) is 0 Å². The van der Waals surface area contributed by atoms with Crippen LogP contribution in [0.1, 0.15) is 30.7 Å². The quantitative estimate of drug-likeness (QED) is 0.706. The highest BCUT2D eigenvalue weighted by molar-refractivity contribution is 5.69. The predicted molar refractivity (Wildman–Crippen MR) is 80.0 cm³/mol. The van der Waals surface area contributed by atoms with Crippen molar-refractivity contribution < 1.29 is 0 Å². The molecule has 1 saturated carbocycles. The zero-order valence-corrected chi connectivity index (χ0v) is 11.1. The smallest absolute Gasteiger partial charge is 0.0446 e. The van der Waals surface area contributed by atoms with Crippen LogP contribution in [0, 0.1) is 5.92 Å². The van der Waals surface area contributed by atoms with Crippen molar-refractivity contribution in [2.45, 2.75) is 25.2 Å². The average molecular weight is 249 g/mol. The van der Waals surface area contributed by atoms with E-state index in [4.69, 9.17) is 0 Å². The van der Waals surface area contributed by atoms with Gasteiger partial charge in [-0.3, -0.25) is 0 Å². The van der Waals surface area contributed by atoms with E-state index in [0.29, 0.717) is 0 Å². The van der Waals surface area contributed by atoms with E-state index in [9.17, 15) is 0 Å². The van der Waals surface area contributed by atoms with Gasteiger partial charge in [0.15, 0.2) is 0 Å². The first-order chi connectivity index (χ1) is 9.43. The van der Waals surface area contributed by atoms with Crippen LogP contribution >= 0.6 is 0 Å². The molecular formula is C18H19N. The summed E-state index contributed by atoms with van der Waals surface area (Å²) in [6.07, 6.45) is 4.17. The van der Waals surface area contributed by atoms with Crippen molar-refractivity contribution in [1.82, 2.24) is 0 Å². The minimum Gasteiger partial charge on any atom is -0.341 e. The molecule has 1 aliphatic heterocycles. The summed E-state index contributed by atoms with van der Waals surface area (Å²) < 4.78 is 0. The third kappa shape index (κ3) is 1.76. The van der Waals surface area contributed by atoms with Crippen molar-refractivity contribution in [2.24, 2.45) is 5.92 Å². The van der Waals surface area contributed by atoms with E-state index in [1.165, 1.54) is 37.2 Å². The topological polar surface area (TPSA) is 3.24 Å². The number of hydrogen-bond donors (Lipinski definition) is 0. The SMILES string of the molecule is c1ccc(N2C[C@H]3CCC[C@H]3c3ccccc32)cc1. The molecule has 1 heterocycles. The van der Waals surface area contributed by atoms with Crippen molar-refractivity contribution in [2.75, 3.05) is 11.4 Å². The molecule has 0 aromatic heterocycles. The van der Waals surface area contributed by atoms with Crippen LogP contribution < -0.4 is 4.90 Å². The molecule has 2 aliphatic rings. The molecule has 0 N–H and O–H groups in total. The van der Waals surface area contributed by atoms with Gasteiger partial charge in [-0.05, 0) is 48.4 Å². The Hall–Kier alpha value is -1.76.